The van der Waals surface area contributed by atoms with Crippen LogP contribution in [0.3, 0.4) is 0 Å². The van der Waals surface area contributed by atoms with E-state index in [2.05, 4.69) is 9.55 Å². The zero-order valence-corrected chi connectivity index (χ0v) is 15.3. The molecule has 3 rings (SSSR count). The van der Waals surface area contributed by atoms with Crippen molar-refractivity contribution in [1.29, 1.82) is 0 Å². The van der Waals surface area contributed by atoms with E-state index in [4.69, 9.17) is 4.98 Å². The third kappa shape index (κ3) is 3.88. The van der Waals surface area contributed by atoms with Gasteiger partial charge in [-0.05, 0) is 36.6 Å². The molecule has 0 spiro atoms. The fourth-order valence-electron chi connectivity index (χ4n) is 3.09. The molecule has 3 aromatic rings. The number of benzene rings is 1. The highest BCUT2D eigenvalue weighted by Crippen LogP contribution is 2.21. The predicted molar refractivity (Wildman–Crippen MR) is 95.2 cm³/mol. The van der Waals surface area contributed by atoms with Crippen LogP contribution in [0.5, 0.6) is 0 Å². The van der Waals surface area contributed by atoms with Crippen molar-refractivity contribution in [3.05, 3.63) is 58.5 Å². The number of hydrogen-bond donors (Lipinski definition) is 0. The van der Waals surface area contributed by atoms with Gasteiger partial charge in [0, 0.05) is 12.1 Å². The third-order valence-electron chi connectivity index (χ3n) is 4.09. The fraction of sp³-hybridized carbons (Fsp3) is 0.333. The van der Waals surface area contributed by atoms with Crippen LogP contribution in [-0.2, 0) is 33.4 Å². The molecule has 0 fully saturated rings. The summed E-state index contributed by atoms with van der Waals surface area (Å²) in [6.45, 7) is 6.55. The lowest BCUT2D eigenvalue weighted by Crippen LogP contribution is -2.07. The van der Waals surface area contributed by atoms with Gasteiger partial charge in [0.25, 0.3) is 10.1 Å². The van der Waals surface area contributed by atoms with Gasteiger partial charge in [-0.1, -0.05) is 35.7 Å². The molecule has 2 heterocycles. The highest BCUT2D eigenvalue weighted by molar-refractivity contribution is 7.84. The monoisotopic (exact) mass is 358 g/mol. The molecule has 0 N–H and O–H groups in total. The number of aromatic nitrogens is 3. The van der Waals surface area contributed by atoms with Gasteiger partial charge in [0.15, 0.2) is 5.65 Å². The Balaban J connectivity index is 2.05. The van der Waals surface area contributed by atoms with E-state index in [-0.39, 0.29) is 0 Å². The van der Waals surface area contributed by atoms with Gasteiger partial charge >= 0.3 is 0 Å². The SMILES string of the molecule is CCc1nc2c(C)cc(C)nc2n1Cc1cccc(CS([O])(=O)=O)c1. The molecule has 0 aliphatic heterocycles. The van der Waals surface area contributed by atoms with Crippen molar-refractivity contribution in [1.82, 2.24) is 14.5 Å². The van der Waals surface area contributed by atoms with Gasteiger partial charge in [-0.2, -0.15) is 8.42 Å². The molecular weight excluding hydrogens is 338 g/mol. The van der Waals surface area contributed by atoms with Gasteiger partial charge in [-0.15, -0.1) is 0 Å². The van der Waals surface area contributed by atoms with Crippen molar-refractivity contribution in [3.63, 3.8) is 0 Å². The van der Waals surface area contributed by atoms with E-state index in [1.54, 1.807) is 18.2 Å². The minimum absolute atomic E-state index is 0.496. The molecule has 1 aromatic carbocycles. The summed E-state index contributed by atoms with van der Waals surface area (Å²) >= 11 is 0. The van der Waals surface area contributed by atoms with E-state index in [0.29, 0.717) is 12.1 Å². The van der Waals surface area contributed by atoms with E-state index in [1.165, 1.54) is 0 Å². The standard InChI is InChI=1S/C18H20N3O3S/c1-4-16-20-17-12(2)8-13(3)19-18(17)21(16)10-14-6-5-7-15(9-14)11-25(22,23)24/h5-9H,4,10-11H2,1-3H3. The molecule has 2 aromatic heterocycles. The van der Waals surface area contributed by atoms with Crippen molar-refractivity contribution in [3.8, 4) is 0 Å². The van der Waals surface area contributed by atoms with E-state index in [0.717, 1.165) is 40.2 Å². The van der Waals surface area contributed by atoms with Crippen molar-refractivity contribution in [2.45, 2.75) is 39.5 Å². The Morgan fingerprint density at radius 1 is 1.08 bits per heavy atom. The van der Waals surface area contributed by atoms with Gasteiger partial charge in [0.2, 0.25) is 0 Å². The Bertz CT molecular complexity index is 1040. The van der Waals surface area contributed by atoms with Crippen LogP contribution in [0, 0.1) is 13.8 Å². The summed E-state index contributed by atoms with van der Waals surface area (Å²) in [5.41, 5.74) is 5.14. The Labute approximate surface area is 147 Å². The molecule has 0 aliphatic carbocycles. The minimum atomic E-state index is -4.30. The minimum Gasteiger partial charge on any atom is -0.308 e. The first kappa shape index (κ1) is 17.6. The summed E-state index contributed by atoms with van der Waals surface area (Å²) in [6.07, 6.45) is 0.767. The second kappa shape index (κ2) is 6.57. The van der Waals surface area contributed by atoms with E-state index < -0.39 is 15.9 Å². The molecule has 0 amide bonds. The Hall–Kier alpha value is -2.25. The van der Waals surface area contributed by atoms with Crippen molar-refractivity contribution >= 4 is 21.3 Å². The molecule has 7 heteroatoms. The lowest BCUT2D eigenvalue weighted by molar-refractivity contribution is 0.413. The van der Waals surface area contributed by atoms with Crippen LogP contribution in [0.4, 0.5) is 0 Å². The van der Waals surface area contributed by atoms with Crippen molar-refractivity contribution < 1.29 is 13.0 Å². The number of nitrogens with zero attached hydrogens (tertiary/aromatic N) is 3. The highest BCUT2D eigenvalue weighted by atomic mass is 32.2. The first-order valence-electron chi connectivity index (χ1n) is 8.11. The summed E-state index contributed by atoms with van der Waals surface area (Å²) < 4.78 is 35.1. The van der Waals surface area contributed by atoms with Crippen LogP contribution in [0.2, 0.25) is 0 Å². The van der Waals surface area contributed by atoms with Crippen LogP contribution in [0.1, 0.15) is 35.1 Å². The molecule has 0 aliphatic rings. The number of imidazole rings is 1. The first-order valence-corrected chi connectivity index (χ1v) is 9.69. The quantitative estimate of drug-likeness (QED) is 0.702. The number of rotatable bonds is 5. The summed E-state index contributed by atoms with van der Waals surface area (Å²) in [6, 6.07) is 9.10. The molecule has 1 radical (unpaired) electrons. The van der Waals surface area contributed by atoms with Gasteiger partial charge in [-0.3, -0.25) is 0 Å². The summed E-state index contributed by atoms with van der Waals surface area (Å²) in [4.78, 5) is 9.34. The van der Waals surface area contributed by atoms with Crippen LogP contribution in [0.15, 0.2) is 30.3 Å². The van der Waals surface area contributed by atoms with Gasteiger partial charge in [0.1, 0.15) is 17.1 Å². The zero-order chi connectivity index (χ0) is 18.2. The topological polar surface area (TPSA) is 84.8 Å². The first-order chi connectivity index (χ1) is 11.8. The maximum atomic E-state index is 11.0. The molecule has 0 bridgehead atoms. The summed E-state index contributed by atoms with van der Waals surface area (Å²) in [5, 5.41) is 0. The molecule has 25 heavy (non-hydrogen) atoms. The molecule has 6 nitrogen and oxygen atoms in total. The number of aryl methyl sites for hydroxylation is 3. The maximum Gasteiger partial charge on any atom is 0.298 e. The third-order valence-corrected chi connectivity index (χ3v) is 4.78. The van der Waals surface area contributed by atoms with Crippen molar-refractivity contribution in [2.75, 3.05) is 0 Å². The molecule has 131 valence electrons. The fourth-order valence-corrected chi connectivity index (χ4v) is 3.68. The second-order valence-electron chi connectivity index (χ2n) is 6.24. The smallest absolute Gasteiger partial charge is 0.298 e. The predicted octanol–water partition coefficient (Wildman–Crippen LogP) is 2.92. The molecule has 0 saturated carbocycles. The highest BCUT2D eigenvalue weighted by Gasteiger charge is 2.14. The molecular formula is C18H20N3O3S. The Kier molecular flexibility index (Phi) is 4.62. The van der Waals surface area contributed by atoms with Crippen LogP contribution in [-0.4, -0.2) is 23.0 Å². The largest absolute Gasteiger partial charge is 0.308 e. The van der Waals surface area contributed by atoms with Crippen LogP contribution < -0.4 is 0 Å². The number of pyridine rings is 1. The average molecular weight is 358 g/mol. The van der Waals surface area contributed by atoms with Crippen LogP contribution >= 0.6 is 0 Å². The van der Waals surface area contributed by atoms with Crippen molar-refractivity contribution in [2.24, 2.45) is 0 Å². The summed E-state index contributed by atoms with van der Waals surface area (Å²) in [7, 11) is -4.30. The van der Waals surface area contributed by atoms with E-state index in [1.807, 2.05) is 32.9 Å². The lowest BCUT2D eigenvalue weighted by atomic mass is 10.1. The lowest BCUT2D eigenvalue weighted by Gasteiger charge is -2.09. The molecule has 0 unspecified atom stereocenters. The maximum absolute atomic E-state index is 11.0. The number of hydrogen-bond acceptors (Lipinski definition) is 4. The molecule has 0 atom stereocenters. The number of fused-ring (bicyclic) bond motifs is 1. The van der Waals surface area contributed by atoms with Crippen LogP contribution in [0.25, 0.3) is 11.2 Å². The normalized spacial score (nSPS) is 12.0. The van der Waals surface area contributed by atoms with E-state index >= 15 is 0 Å². The Morgan fingerprint density at radius 2 is 1.80 bits per heavy atom. The zero-order valence-electron chi connectivity index (χ0n) is 14.5. The van der Waals surface area contributed by atoms with E-state index in [9.17, 15) is 13.0 Å². The Morgan fingerprint density at radius 3 is 2.48 bits per heavy atom. The summed E-state index contributed by atoms with van der Waals surface area (Å²) in [5.74, 6) is 0.431. The second-order valence-corrected chi connectivity index (χ2v) is 7.65. The molecule has 0 saturated heterocycles. The average Bonchev–Trinajstić information content (AvgIpc) is 2.84. The van der Waals surface area contributed by atoms with Gasteiger partial charge in [0.05, 0.1) is 6.54 Å². The van der Waals surface area contributed by atoms with Gasteiger partial charge < -0.3 is 4.57 Å². The van der Waals surface area contributed by atoms with Gasteiger partial charge in [-0.25, -0.2) is 9.97 Å².